The van der Waals surface area contributed by atoms with Crippen LogP contribution in [-0.4, -0.2) is 19.1 Å². The third-order valence-electron chi connectivity index (χ3n) is 2.13. The fraction of sp³-hybridized carbons (Fsp3) is 0.364. The molecule has 0 radical (unpaired) electrons. The van der Waals surface area contributed by atoms with Crippen LogP contribution in [-0.2, 0) is 4.79 Å². The second-order valence-corrected chi connectivity index (χ2v) is 3.23. The highest BCUT2D eigenvalue weighted by Crippen LogP contribution is 2.15. The minimum Gasteiger partial charge on any atom is -0.497 e. The van der Waals surface area contributed by atoms with Crippen molar-refractivity contribution in [3.05, 3.63) is 24.3 Å². The maximum Gasteiger partial charge on any atom is 0.241 e. The number of rotatable bonds is 4. The number of ether oxygens (including phenoxy) is 1. The minimum absolute atomic E-state index is 0. The summed E-state index contributed by atoms with van der Waals surface area (Å²) in [5, 5.41) is 2.72. The number of carbonyl (C=O) groups is 1. The molecule has 16 heavy (non-hydrogen) atoms. The molecule has 1 amide bonds. The third-order valence-corrected chi connectivity index (χ3v) is 2.13. The lowest BCUT2D eigenvalue weighted by Gasteiger charge is -2.10. The third kappa shape index (κ3) is 4.08. The van der Waals surface area contributed by atoms with Crippen molar-refractivity contribution in [2.75, 3.05) is 12.4 Å². The summed E-state index contributed by atoms with van der Waals surface area (Å²) in [6, 6.07) is 6.67. The summed E-state index contributed by atoms with van der Waals surface area (Å²) in [6.07, 6.45) is 0.627. The Labute approximate surface area is 102 Å². The fourth-order valence-corrected chi connectivity index (χ4v) is 1.09. The minimum atomic E-state index is -0.452. The molecule has 0 aliphatic carbocycles. The van der Waals surface area contributed by atoms with Crippen molar-refractivity contribution in [1.29, 1.82) is 0 Å². The molecule has 0 aromatic heterocycles. The molecule has 0 saturated heterocycles. The summed E-state index contributed by atoms with van der Waals surface area (Å²) >= 11 is 0. The smallest absolute Gasteiger partial charge is 0.241 e. The molecule has 1 aromatic carbocycles. The van der Waals surface area contributed by atoms with Crippen LogP contribution >= 0.6 is 12.4 Å². The Morgan fingerprint density at radius 2 is 2.00 bits per heavy atom. The van der Waals surface area contributed by atoms with E-state index >= 15 is 0 Å². The lowest BCUT2D eigenvalue weighted by Crippen LogP contribution is -2.34. The van der Waals surface area contributed by atoms with E-state index in [2.05, 4.69) is 5.32 Å². The van der Waals surface area contributed by atoms with Gasteiger partial charge in [-0.1, -0.05) is 6.92 Å². The molecule has 0 spiro atoms. The molecule has 1 rings (SSSR count). The van der Waals surface area contributed by atoms with Crippen LogP contribution in [0.1, 0.15) is 13.3 Å². The monoisotopic (exact) mass is 244 g/mol. The zero-order valence-electron chi connectivity index (χ0n) is 9.40. The number of hydrogen-bond acceptors (Lipinski definition) is 3. The molecule has 4 nitrogen and oxygen atoms in total. The van der Waals surface area contributed by atoms with Gasteiger partial charge in [0.05, 0.1) is 13.2 Å². The Morgan fingerprint density at radius 1 is 1.44 bits per heavy atom. The molecule has 1 atom stereocenters. The predicted molar refractivity (Wildman–Crippen MR) is 67.1 cm³/mol. The zero-order chi connectivity index (χ0) is 11.3. The highest BCUT2D eigenvalue weighted by atomic mass is 35.5. The van der Waals surface area contributed by atoms with E-state index in [0.717, 1.165) is 11.4 Å². The molecule has 3 N–H and O–H groups in total. The number of hydrogen-bond donors (Lipinski definition) is 2. The van der Waals surface area contributed by atoms with Gasteiger partial charge in [0.25, 0.3) is 0 Å². The molecule has 0 heterocycles. The van der Waals surface area contributed by atoms with E-state index < -0.39 is 6.04 Å². The van der Waals surface area contributed by atoms with Crippen LogP contribution in [0.4, 0.5) is 5.69 Å². The Balaban J connectivity index is 0.00000225. The van der Waals surface area contributed by atoms with Gasteiger partial charge in [0.2, 0.25) is 5.91 Å². The van der Waals surface area contributed by atoms with Gasteiger partial charge in [-0.2, -0.15) is 0 Å². The van der Waals surface area contributed by atoms with Gasteiger partial charge >= 0.3 is 0 Å². The Kier molecular flexibility index (Phi) is 6.53. The number of benzene rings is 1. The number of methoxy groups -OCH3 is 1. The predicted octanol–water partition coefficient (Wildman–Crippen LogP) is 1.79. The van der Waals surface area contributed by atoms with Crippen LogP contribution in [0, 0.1) is 0 Å². The Hall–Kier alpha value is -1.26. The van der Waals surface area contributed by atoms with Crippen molar-refractivity contribution in [3.8, 4) is 5.75 Å². The second kappa shape index (κ2) is 7.09. The maximum absolute atomic E-state index is 11.4. The first-order valence-electron chi connectivity index (χ1n) is 4.88. The number of anilines is 1. The summed E-state index contributed by atoms with van der Waals surface area (Å²) < 4.78 is 5.01. The van der Waals surface area contributed by atoms with Crippen LogP contribution < -0.4 is 15.8 Å². The van der Waals surface area contributed by atoms with Crippen LogP contribution in [0.2, 0.25) is 0 Å². The number of amides is 1. The lowest BCUT2D eigenvalue weighted by atomic mass is 10.2. The number of halogens is 1. The topological polar surface area (TPSA) is 64.4 Å². The number of nitrogens with one attached hydrogen (secondary N) is 1. The molecule has 1 aromatic rings. The highest BCUT2D eigenvalue weighted by Gasteiger charge is 2.10. The number of nitrogens with two attached hydrogens (primary N) is 1. The fourth-order valence-electron chi connectivity index (χ4n) is 1.09. The van der Waals surface area contributed by atoms with Crippen molar-refractivity contribution in [1.82, 2.24) is 0 Å². The summed E-state index contributed by atoms with van der Waals surface area (Å²) in [5.74, 6) is 0.593. The highest BCUT2D eigenvalue weighted by molar-refractivity contribution is 5.94. The molecule has 0 aliphatic heterocycles. The van der Waals surface area contributed by atoms with Crippen LogP contribution in [0.3, 0.4) is 0 Å². The summed E-state index contributed by atoms with van der Waals surface area (Å²) in [6.45, 7) is 1.87. The van der Waals surface area contributed by atoms with Gasteiger partial charge in [0.15, 0.2) is 0 Å². The van der Waals surface area contributed by atoms with Crippen molar-refractivity contribution in [2.24, 2.45) is 5.73 Å². The molecule has 0 aliphatic rings. The van der Waals surface area contributed by atoms with E-state index in [9.17, 15) is 4.79 Å². The largest absolute Gasteiger partial charge is 0.497 e. The van der Waals surface area contributed by atoms with Gasteiger partial charge < -0.3 is 15.8 Å². The van der Waals surface area contributed by atoms with E-state index in [-0.39, 0.29) is 18.3 Å². The second-order valence-electron chi connectivity index (χ2n) is 3.23. The lowest BCUT2D eigenvalue weighted by molar-refractivity contribution is -0.117. The van der Waals surface area contributed by atoms with Crippen LogP contribution in [0.15, 0.2) is 24.3 Å². The van der Waals surface area contributed by atoms with Crippen LogP contribution in [0.25, 0.3) is 0 Å². The average molecular weight is 245 g/mol. The molecular formula is C11H17ClN2O2. The number of carbonyl (C=O) groups excluding carboxylic acids is 1. The SMILES string of the molecule is CC[C@H](N)C(=O)Nc1ccc(OC)cc1.Cl. The van der Waals surface area contributed by atoms with E-state index in [1.54, 1.807) is 31.4 Å². The van der Waals surface area contributed by atoms with Gasteiger partial charge in [-0.3, -0.25) is 4.79 Å². The van der Waals surface area contributed by atoms with Crippen molar-refractivity contribution >= 4 is 24.0 Å². The summed E-state index contributed by atoms with van der Waals surface area (Å²) in [4.78, 5) is 11.4. The first-order chi connectivity index (χ1) is 7.17. The van der Waals surface area contributed by atoms with Gasteiger partial charge in [-0.15, -0.1) is 12.4 Å². The normalized spacial score (nSPS) is 11.2. The van der Waals surface area contributed by atoms with E-state index in [0.29, 0.717) is 6.42 Å². The van der Waals surface area contributed by atoms with Crippen molar-refractivity contribution in [2.45, 2.75) is 19.4 Å². The molecular weight excluding hydrogens is 228 g/mol. The molecule has 5 heteroatoms. The van der Waals surface area contributed by atoms with E-state index in [1.165, 1.54) is 0 Å². The van der Waals surface area contributed by atoms with Crippen molar-refractivity contribution in [3.63, 3.8) is 0 Å². The average Bonchev–Trinajstić information content (AvgIpc) is 2.29. The van der Waals surface area contributed by atoms with Gasteiger partial charge in [0, 0.05) is 5.69 Å². The van der Waals surface area contributed by atoms with Gasteiger partial charge in [-0.25, -0.2) is 0 Å². The first kappa shape index (κ1) is 14.7. The first-order valence-corrected chi connectivity index (χ1v) is 4.88. The molecule has 0 saturated carbocycles. The van der Waals surface area contributed by atoms with Gasteiger partial charge in [-0.05, 0) is 30.7 Å². The van der Waals surface area contributed by atoms with Gasteiger partial charge in [0.1, 0.15) is 5.75 Å². The summed E-state index contributed by atoms with van der Waals surface area (Å²) in [5.41, 5.74) is 6.31. The van der Waals surface area contributed by atoms with E-state index in [4.69, 9.17) is 10.5 Å². The summed E-state index contributed by atoms with van der Waals surface area (Å²) in [7, 11) is 1.60. The Morgan fingerprint density at radius 3 is 2.44 bits per heavy atom. The van der Waals surface area contributed by atoms with Crippen LogP contribution in [0.5, 0.6) is 5.75 Å². The zero-order valence-corrected chi connectivity index (χ0v) is 10.2. The van der Waals surface area contributed by atoms with E-state index in [1.807, 2.05) is 6.92 Å². The quantitative estimate of drug-likeness (QED) is 0.849. The maximum atomic E-state index is 11.4. The molecule has 0 unspecified atom stereocenters. The van der Waals surface area contributed by atoms with Crippen molar-refractivity contribution < 1.29 is 9.53 Å². The standard InChI is InChI=1S/C11H16N2O2.ClH/c1-3-10(12)11(14)13-8-4-6-9(15-2)7-5-8;/h4-7,10H,3,12H2,1-2H3,(H,13,14);1H/t10-;/m0./s1. The molecule has 0 bridgehead atoms. The molecule has 0 fully saturated rings. The Bertz CT molecular complexity index is 327. The molecule has 90 valence electrons.